The number of likely N-dealkylation sites (N-methyl/N-ethyl adjacent to an activating group) is 1. The summed E-state index contributed by atoms with van der Waals surface area (Å²) in [5.41, 5.74) is 4.49. The third-order valence-corrected chi connectivity index (χ3v) is 2.08. The normalized spacial score (nSPS) is 14.9. The molecule has 3 N–H and O–H groups in total. The number of carbonyl (C=O) groups is 1. The van der Waals surface area contributed by atoms with Crippen molar-refractivity contribution < 1.29 is 14.3 Å². The summed E-state index contributed by atoms with van der Waals surface area (Å²) >= 11 is 0. The number of ether oxygens (including phenoxy) is 2. The Bertz CT molecular complexity index is 188. The molecule has 1 atom stereocenters. The Morgan fingerprint density at radius 1 is 1.33 bits per heavy atom. The minimum absolute atomic E-state index is 0.267. The molecule has 15 heavy (non-hydrogen) atoms. The average molecular weight is 218 g/mol. The summed E-state index contributed by atoms with van der Waals surface area (Å²) < 4.78 is 10.4. The van der Waals surface area contributed by atoms with Gasteiger partial charge in [-0.25, -0.2) is 0 Å². The van der Waals surface area contributed by atoms with Crippen LogP contribution < -0.4 is 11.1 Å². The first-order valence-corrected chi connectivity index (χ1v) is 5.27. The van der Waals surface area contributed by atoms with Gasteiger partial charge in [0.1, 0.15) is 5.54 Å². The van der Waals surface area contributed by atoms with Gasteiger partial charge < -0.3 is 20.5 Å². The van der Waals surface area contributed by atoms with E-state index in [1.807, 2.05) is 13.8 Å². The molecular weight excluding hydrogens is 196 g/mol. The van der Waals surface area contributed by atoms with Gasteiger partial charge in [-0.1, -0.05) is 6.92 Å². The van der Waals surface area contributed by atoms with E-state index in [0.717, 1.165) is 0 Å². The maximum atomic E-state index is 11.2. The number of nitrogens with two attached hydrogens (primary N) is 1. The quantitative estimate of drug-likeness (QED) is 0.530. The first-order valence-electron chi connectivity index (χ1n) is 5.27. The maximum absolute atomic E-state index is 11.2. The lowest BCUT2D eigenvalue weighted by Gasteiger charge is -2.26. The van der Waals surface area contributed by atoms with Crippen LogP contribution in [-0.2, 0) is 14.3 Å². The van der Waals surface area contributed by atoms with Crippen LogP contribution in [0.1, 0.15) is 20.8 Å². The summed E-state index contributed by atoms with van der Waals surface area (Å²) in [7, 11) is 0. The Kier molecular flexibility index (Phi) is 7.29. The van der Waals surface area contributed by atoms with Crippen molar-refractivity contribution in [3.63, 3.8) is 0 Å². The van der Waals surface area contributed by atoms with Crippen molar-refractivity contribution in [2.75, 3.05) is 33.0 Å². The predicted molar refractivity (Wildman–Crippen MR) is 58.6 cm³/mol. The van der Waals surface area contributed by atoms with Crippen LogP contribution in [0.4, 0.5) is 0 Å². The molecule has 0 radical (unpaired) electrons. The molecule has 1 unspecified atom stereocenters. The smallest absolute Gasteiger partial charge is 0.239 e. The van der Waals surface area contributed by atoms with E-state index < -0.39 is 11.4 Å². The zero-order valence-corrected chi connectivity index (χ0v) is 9.84. The fourth-order valence-electron chi connectivity index (χ4n) is 1.14. The number of rotatable bonds is 9. The van der Waals surface area contributed by atoms with Gasteiger partial charge in [0, 0.05) is 6.61 Å². The van der Waals surface area contributed by atoms with Crippen molar-refractivity contribution in [1.29, 1.82) is 0 Å². The molecule has 0 bridgehead atoms. The van der Waals surface area contributed by atoms with Crippen LogP contribution in [0.2, 0.25) is 0 Å². The van der Waals surface area contributed by atoms with Gasteiger partial charge in [-0.2, -0.15) is 0 Å². The van der Waals surface area contributed by atoms with E-state index in [1.165, 1.54) is 0 Å². The lowest BCUT2D eigenvalue weighted by Crippen LogP contribution is -2.56. The van der Waals surface area contributed by atoms with Gasteiger partial charge in [-0.3, -0.25) is 4.79 Å². The SMILES string of the molecule is CCNC(C)(COCCOCC)C(N)=O. The van der Waals surface area contributed by atoms with Crippen molar-refractivity contribution in [2.45, 2.75) is 26.3 Å². The van der Waals surface area contributed by atoms with Gasteiger partial charge in [0.05, 0.1) is 19.8 Å². The van der Waals surface area contributed by atoms with E-state index in [9.17, 15) is 4.79 Å². The number of hydrogen-bond acceptors (Lipinski definition) is 4. The second-order valence-corrected chi connectivity index (χ2v) is 3.48. The maximum Gasteiger partial charge on any atom is 0.239 e. The Labute approximate surface area is 91.3 Å². The van der Waals surface area contributed by atoms with Crippen molar-refractivity contribution in [3.8, 4) is 0 Å². The first-order chi connectivity index (χ1) is 7.06. The lowest BCUT2D eigenvalue weighted by molar-refractivity contribution is -0.126. The van der Waals surface area contributed by atoms with Crippen molar-refractivity contribution in [3.05, 3.63) is 0 Å². The molecule has 0 aromatic carbocycles. The van der Waals surface area contributed by atoms with Crippen molar-refractivity contribution >= 4 is 5.91 Å². The molecule has 0 spiro atoms. The summed E-state index contributed by atoms with van der Waals surface area (Å²) in [6.45, 7) is 8.20. The Hall–Kier alpha value is -0.650. The molecule has 0 aromatic rings. The highest BCUT2D eigenvalue weighted by Gasteiger charge is 2.29. The Balaban J connectivity index is 3.81. The summed E-state index contributed by atoms with van der Waals surface area (Å²) in [6, 6.07) is 0. The largest absolute Gasteiger partial charge is 0.379 e. The van der Waals surface area contributed by atoms with Gasteiger partial charge in [0.25, 0.3) is 0 Å². The lowest BCUT2D eigenvalue weighted by atomic mass is 10.0. The summed E-state index contributed by atoms with van der Waals surface area (Å²) in [5, 5.41) is 3.01. The topological polar surface area (TPSA) is 73.6 Å². The molecule has 0 fully saturated rings. The molecule has 0 aliphatic heterocycles. The Morgan fingerprint density at radius 3 is 2.40 bits per heavy atom. The van der Waals surface area contributed by atoms with Crippen LogP contribution in [-0.4, -0.2) is 44.4 Å². The zero-order chi connectivity index (χ0) is 11.7. The van der Waals surface area contributed by atoms with Gasteiger partial charge >= 0.3 is 0 Å². The molecule has 5 heteroatoms. The standard InChI is InChI=1S/C10H22N2O3/c1-4-12-10(3,9(11)13)8-15-7-6-14-5-2/h12H,4-8H2,1-3H3,(H2,11,13). The number of carbonyl (C=O) groups excluding carboxylic acids is 1. The monoisotopic (exact) mass is 218 g/mol. The molecule has 0 aliphatic carbocycles. The average Bonchev–Trinajstić information content (AvgIpc) is 2.18. The highest BCUT2D eigenvalue weighted by Crippen LogP contribution is 2.03. The number of hydrogen-bond donors (Lipinski definition) is 2. The van der Waals surface area contributed by atoms with Gasteiger partial charge in [-0.15, -0.1) is 0 Å². The fraction of sp³-hybridized carbons (Fsp3) is 0.900. The van der Waals surface area contributed by atoms with E-state index in [0.29, 0.717) is 26.4 Å². The summed E-state index contributed by atoms with van der Waals surface area (Å²) in [6.07, 6.45) is 0. The molecule has 0 aliphatic rings. The van der Waals surface area contributed by atoms with Crippen molar-refractivity contribution in [1.82, 2.24) is 5.32 Å². The first kappa shape index (κ1) is 14.3. The van der Waals surface area contributed by atoms with E-state index >= 15 is 0 Å². The minimum atomic E-state index is -0.791. The van der Waals surface area contributed by atoms with Crippen LogP contribution >= 0.6 is 0 Å². The second-order valence-electron chi connectivity index (χ2n) is 3.48. The van der Waals surface area contributed by atoms with Crippen LogP contribution in [0.5, 0.6) is 0 Å². The van der Waals surface area contributed by atoms with Gasteiger partial charge in [0.15, 0.2) is 0 Å². The van der Waals surface area contributed by atoms with Gasteiger partial charge in [0.2, 0.25) is 5.91 Å². The number of primary amides is 1. The molecule has 0 saturated heterocycles. The third kappa shape index (κ3) is 5.71. The zero-order valence-electron chi connectivity index (χ0n) is 9.84. The minimum Gasteiger partial charge on any atom is -0.379 e. The highest BCUT2D eigenvalue weighted by atomic mass is 16.5. The van der Waals surface area contributed by atoms with Crippen LogP contribution in [0.3, 0.4) is 0 Å². The molecular formula is C10H22N2O3. The van der Waals surface area contributed by atoms with Crippen LogP contribution in [0.15, 0.2) is 0 Å². The highest BCUT2D eigenvalue weighted by molar-refractivity contribution is 5.84. The molecule has 0 saturated carbocycles. The number of amides is 1. The van der Waals surface area contributed by atoms with Gasteiger partial charge in [-0.05, 0) is 20.4 Å². The fourth-order valence-corrected chi connectivity index (χ4v) is 1.14. The van der Waals surface area contributed by atoms with E-state index in [1.54, 1.807) is 6.92 Å². The predicted octanol–water partition coefficient (Wildman–Crippen LogP) is -0.107. The van der Waals surface area contributed by atoms with Crippen molar-refractivity contribution in [2.24, 2.45) is 5.73 Å². The number of nitrogens with one attached hydrogen (secondary N) is 1. The third-order valence-electron chi connectivity index (χ3n) is 2.08. The van der Waals surface area contributed by atoms with E-state index in [-0.39, 0.29) is 6.61 Å². The van der Waals surface area contributed by atoms with E-state index in [2.05, 4.69) is 5.32 Å². The molecule has 5 nitrogen and oxygen atoms in total. The molecule has 0 aromatic heterocycles. The molecule has 1 amide bonds. The van der Waals surface area contributed by atoms with E-state index in [4.69, 9.17) is 15.2 Å². The molecule has 0 heterocycles. The van der Waals surface area contributed by atoms with Crippen LogP contribution in [0, 0.1) is 0 Å². The summed E-state index contributed by atoms with van der Waals surface area (Å²) in [5.74, 6) is -0.402. The molecule has 90 valence electrons. The second kappa shape index (κ2) is 7.62. The molecule has 0 rings (SSSR count). The van der Waals surface area contributed by atoms with Crippen LogP contribution in [0.25, 0.3) is 0 Å². The summed E-state index contributed by atoms with van der Waals surface area (Å²) in [4.78, 5) is 11.2. The Morgan fingerprint density at radius 2 is 1.93 bits per heavy atom.